The first-order valence-corrected chi connectivity index (χ1v) is 6.65. The lowest BCUT2D eigenvalue weighted by Gasteiger charge is -2.15. The van der Waals surface area contributed by atoms with Gasteiger partial charge in [0.05, 0.1) is 0 Å². The van der Waals surface area contributed by atoms with E-state index in [-0.39, 0.29) is 0 Å². The second-order valence-electron chi connectivity index (χ2n) is 4.13. The van der Waals surface area contributed by atoms with Crippen LogP contribution in [0.3, 0.4) is 0 Å². The Bertz CT molecular complexity index is 275. The molecule has 0 unspecified atom stereocenters. The molecule has 0 aliphatic rings. The number of carbonyl (C=O) groups is 1. The van der Waals surface area contributed by atoms with Gasteiger partial charge in [-0.05, 0) is 12.8 Å². The van der Waals surface area contributed by atoms with Crippen LogP contribution in [-0.4, -0.2) is 29.1 Å². The first kappa shape index (κ1) is 16.5. The molecule has 0 aliphatic heterocycles. The van der Waals surface area contributed by atoms with Crippen molar-refractivity contribution in [2.45, 2.75) is 39.5 Å². The van der Waals surface area contributed by atoms with Gasteiger partial charge in [-0.2, -0.15) is 0 Å². The van der Waals surface area contributed by atoms with Crippen molar-refractivity contribution < 1.29 is 9.90 Å². The van der Waals surface area contributed by atoms with Gasteiger partial charge in [-0.25, -0.2) is 4.79 Å². The highest BCUT2D eigenvalue weighted by molar-refractivity contribution is 5.79. The van der Waals surface area contributed by atoms with Crippen LogP contribution in [0.2, 0.25) is 0 Å². The molecule has 3 heteroatoms. The zero-order valence-corrected chi connectivity index (χ0v) is 11.5. The molecule has 0 saturated heterocycles. The summed E-state index contributed by atoms with van der Waals surface area (Å²) >= 11 is 0. The molecule has 0 bridgehead atoms. The summed E-state index contributed by atoms with van der Waals surface area (Å²) in [5, 5.41) is 8.63. The maximum atomic E-state index is 10.5. The van der Waals surface area contributed by atoms with E-state index in [0.29, 0.717) is 0 Å². The molecule has 0 rings (SSSR count). The van der Waals surface area contributed by atoms with Crippen LogP contribution in [0.25, 0.3) is 0 Å². The molecule has 1 N–H and O–H groups in total. The summed E-state index contributed by atoms with van der Waals surface area (Å²) < 4.78 is 0. The zero-order valence-electron chi connectivity index (χ0n) is 11.5. The topological polar surface area (TPSA) is 40.5 Å². The minimum absolute atomic E-state index is 0.750. The number of rotatable bonds is 10. The van der Waals surface area contributed by atoms with Crippen molar-refractivity contribution in [3.8, 4) is 0 Å². The Morgan fingerprint density at radius 2 is 1.50 bits per heavy atom. The smallest absolute Gasteiger partial charge is 0.329 e. The molecule has 0 atom stereocenters. The third-order valence-electron chi connectivity index (χ3n) is 2.35. The number of unbranched alkanes of at least 4 members (excludes halogenated alkanes) is 2. The number of hydrogen-bond acceptors (Lipinski definition) is 2. The Labute approximate surface area is 110 Å². The first-order valence-electron chi connectivity index (χ1n) is 6.65. The van der Waals surface area contributed by atoms with Gasteiger partial charge in [0.2, 0.25) is 0 Å². The van der Waals surface area contributed by atoms with Crippen LogP contribution < -0.4 is 0 Å². The van der Waals surface area contributed by atoms with Gasteiger partial charge in [0.25, 0.3) is 0 Å². The lowest BCUT2D eigenvalue weighted by atomic mass is 10.3. The standard InChI is InChI=1S/C15H25NO2/c1-3-5-7-9-12-16(14-11-15(17)18)13-10-8-6-4-2/h7-11,14H,3-6,12-13H2,1-2H3,(H,17,18). The summed E-state index contributed by atoms with van der Waals surface area (Å²) in [6.45, 7) is 5.78. The minimum atomic E-state index is -0.907. The lowest BCUT2D eigenvalue weighted by molar-refractivity contribution is -0.131. The fourth-order valence-electron chi connectivity index (χ4n) is 1.35. The Hall–Kier alpha value is -1.51. The normalized spacial score (nSPS) is 11.9. The van der Waals surface area contributed by atoms with E-state index in [1.54, 1.807) is 6.20 Å². The molecular formula is C15H25NO2. The van der Waals surface area contributed by atoms with Crippen LogP contribution in [0.4, 0.5) is 0 Å². The largest absolute Gasteiger partial charge is 0.478 e. The summed E-state index contributed by atoms with van der Waals surface area (Å²) in [4.78, 5) is 12.5. The van der Waals surface area contributed by atoms with E-state index in [9.17, 15) is 4.79 Å². The van der Waals surface area contributed by atoms with Crippen molar-refractivity contribution in [1.29, 1.82) is 0 Å². The van der Waals surface area contributed by atoms with Gasteiger partial charge in [-0.3, -0.25) is 0 Å². The average molecular weight is 251 g/mol. The summed E-state index contributed by atoms with van der Waals surface area (Å²) in [5.41, 5.74) is 0. The summed E-state index contributed by atoms with van der Waals surface area (Å²) in [7, 11) is 0. The quantitative estimate of drug-likeness (QED) is 0.476. The number of aliphatic carboxylic acids is 1. The number of carboxylic acid groups (broad SMARTS) is 1. The van der Waals surface area contributed by atoms with E-state index in [1.807, 2.05) is 4.90 Å². The van der Waals surface area contributed by atoms with Crippen molar-refractivity contribution in [2.75, 3.05) is 13.1 Å². The van der Waals surface area contributed by atoms with Crippen molar-refractivity contribution in [1.82, 2.24) is 4.90 Å². The van der Waals surface area contributed by atoms with Crippen molar-refractivity contribution in [3.63, 3.8) is 0 Å². The second-order valence-corrected chi connectivity index (χ2v) is 4.13. The van der Waals surface area contributed by atoms with Crippen LogP contribution in [-0.2, 0) is 4.79 Å². The van der Waals surface area contributed by atoms with Crippen molar-refractivity contribution in [2.24, 2.45) is 0 Å². The molecule has 0 radical (unpaired) electrons. The fourth-order valence-corrected chi connectivity index (χ4v) is 1.35. The van der Waals surface area contributed by atoms with Crippen LogP contribution in [0.5, 0.6) is 0 Å². The third-order valence-corrected chi connectivity index (χ3v) is 2.35. The average Bonchev–Trinajstić information content (AvgIpc) is 2.35. The Balaban J connectivity index is 4.19. The second kappa shape index (κ2) is 12.0. The SMILES string of the molecule is CCCC=CCN(C=CC(=O)O)CC=CCCC. The summed E-state index contributed by atoms with van der Waals surface area (Å²) in [5.74, 6) is -0.907. The predicted octanol–water partition coefficient (Wildman–Crippen LogP) is 3.60. The molecule has 0 aromatic heterocycles. The zero-order chi connectivity index (χ0) is 13.6. The lowest BCUT2D eigenvalue weighted by Crippen LogP contribution is -2.17. The highest BCUT2D eigenvalue weighted by Crippen LogP contribution is 1.96. The Morgan fingerprint density at radius 3 is 1.89 bits per heavy atom. The molecule has 0 aromatic carbocycles. The predicted molar refractivity (Wildman–Crippen MR) is 76.4 cm³/mol. The van der Waals surface area contributed by atoms with Crippen LogP contribution in [0.15, 0.2) is 36.6 Å². The van der Waals surface area contributed by atoms with Gasteiger partial charge in [0.1, 0.15) is 0 Å². The van der Waals surface area contributed by atoms with Gasteiger partial charge in [-0.1, -0.05) is 51.0 Å². The molecule has 0 aromatic rings. The molecule has 3 nitrogen and oxygen atoms in total. The molecule has 102 valence electrons. The van der Waals surface area contributed by atoms with E-state index < -0.39 is 5.97 Å². The Morgan fingerprint density at radius 1 is 1.00 bits per heavy atom. The first-order chi connectivity index (χ1) is 8.70. The van der Waals surface area contributed by atoms with Gasteiger partial charge >= 0.3 is 5.97 Å². The van der Waals surface area contributed by atoms with Gasteiger partial charge in [-0.15, -0.1) is 0 Å². The van der Waals surface area contributed by atoms with E-state index in [2.05, 4.69) is 38.2 Å². The molecule has 18 heavy (non-hydrogen) atoms. The van der Waals surface area contributed by atoms with Crippen molar-refractivity contribution >= 4 is 5.97 Å². The molecule has 0 spiro atoms. The molecule has 0 heterocycles. The molecular weight excluding hydrogens is 226 g/mol. The van der Waals surface area contributed by atoms with E-state index >= 15 is 0 Å². The maximum Gasteiger partial charge on any atom is 0.329 e. The van der Waals surface area contributed by atoms with Crippen LogP contribution in [0, 0.1) is 0 Å². The summed E-state index contributed by atoms with van der Waals surface area (Å²) in [6, 6.07) is 0. The third kappa shape index (κ3) is 11.0. The highest BCUT2D eigenvalue weighted by atomic mass is 16.4. The number of carboxylic acids is 1. The van der Waals surface area contributed by atoms with Gasteiger partial charge in [0, 0.05) is 25.4 Å². The molecule has 0 fully saturated rings. The van der Waals surface area contributed by atoms with Gasteiger partial charge in [0.15, 0.2) is 0 Å². The monoisotopic (exact) mass is 251 g/mol. The van der Waals surface area contributed by atoms with Crippen LogP contribution >= 0.6 is 0 Å². The number of allylic oxidation sites excluding steroid dienone is 2. The van der Waals surface area contributed by atoms with Crippen molar-refractivity contribution in [3.05, 3.63) is 36.6 Å². The van der Waals surface area contributed by atoms with E-state index in [1.165, 1.54) is 6.08 Å². The van der Waals surface area contributed by atoms with E-state index in [4.69, 9.17) is 5.11 Å². The highest BCUT2D eigenvalue weighted by Gasteiger charge is 1.95. The van der Waals surface area contributed by atoms with Gasteiger partial charge < -0.3 is 10.0 Å². The Kier molecular flexibility index (Phi) is 11.0. The number of hydrogen-bond donors (Lipinski definition) is 1. The maximum absolute atomic E-state index is 10.5. The molecule has 0 amide bonds. The van der Waals surface area contributed by atoms with E-state index in [0.717, 1.165) is 38.8 Å². The fraction of sp³-hybridized carbons (Fsp3) is 0.533. The minimum Gasteiger partial charge on any atom is -0.478 e. The van der Waals surface area contributed by atoms with Crippen LogP contribution in [0.1, 0.15) is 39.5 Å². The summed E-state index contributed by atoms with van der Waals surface area (Å²) in [6.07, 6.45) is 15.7. The number of nitrogens with zero attached hydrogens (tertiary/aromatic N) is 1. The molecule has 0 saturated carbocycles. The molecule has 0 aliphatic carbocycles.